The number of halogens is 2. The molecule has 89 heavy (non-hydrogen) atoms. The molecule has 0 saturated carbocycles. The molecular formula is C56H100Cl2N12O15S4. The van der Waals surface area contributed by atoms with E-state index in [4.69, 9.17) is 44.0 Å². The summed E-state index contributed by atoms with van der Waals surface area (Å²) in [6, 6.07) is 0. The van der Waals surface area contributed by atoms with Gasteiger partial charge in [0.1, 0.15) is 0 Å². The van der Waals surface area contributed by atoms with Gasteiger partial charge in [-0.05, 0) is 41.7 Å². The predicted octanol–water partition coefficient (Wildman–Crippen LogP) is 0.942. The van der Waals surface area contributed by atoms with E-state index in [2.05, 4.69) is 38.4 Å². The Hall–Kier alpha value is -4.73. The molecule has 5 rings (SSSR count). The first-order valence-electron chi connectivity index (χ1n) is 28.5. The Labute approximate surface area is 552 Å². The fourth-order valence-corrected chi connectivity index (χ4v) is 10.3. The average molecular weight is 1380 g/mol. The number of alkyl halides is 2. The second-order valence-corrected chi connectivity index (χ2v) is 26.1. The SMILES string of the molecule is C=C(CCl)CCl.C=C1CN(C(C)=O)CN(C(C)=O)C1.CC(=O)N1CC(CO)CN(C(C)=O)C1.CC(=O)N1CC(COS(C)(=O)=O)CN(C(C)=O)C1.CC(=O)N1CC(CS)CN(C(C)=O)C1.CC(=O)SCC1CN(C(C)=O)CN(C(C)=O)C1.NCC(CN)CS. The maximum atomic E-state index is 11.4. The van der Waals surface area contributed by atoms with Gasteiger partial charge in [0.2, 0.25) is 59.1 Å². The number of nitrogens with zero attached hydrogens (tertiary/aromatic N) is 10. The summed E-state index contributed by atoms with van der Waals surface area (Å²) in [7, 11) is -3.51. The van der Waals surface area contributed by atoms with E-state index in [1.54, 1.807) is 39.2 Å². The van der Waals surface area contributed by atoms with Crippen LogP contribution >= 0.6 is 60.2 Å². The van der Waals surface area contributed by atoms with Crippen LogP contribution in [0.3, 0.4) is 0 Å². The van der Waals surface area contributed by atoms with Crippen molar-refractivity contribution in [1.29, 1.82) is 0 Å². The molecule has 5 aliphatic rings. The highest BCUT2D eigenvalue weighted by atomic mass is 35.5. The van der Waals surface area contributed by atoms with E-state index in [9.17, 15) is 61.2 Å². The van der Waals surface area contributed by atoms with Gasteiger partial charge in [-0.2, -0.15) is 33.7 Å². The lowest BCUT2D eigenvalue weighted by molar-refractivity contribution is -0.144. The third-order valence-electron chi connectivity index (χ3n) is 13.7. The largest absolute Gasteiger partial charge is 0.396 e. The normalized spacial score (nSPS) is 16.7. The van der Waals surface area contributed by atoms with E-state index in [-0.39, 0.29) is 102 Å². The zero-order valence-electron chi connectivity index (χ0n) is 54.0. The number of thiol groups is 2. The molecule has 5 N–H and O–H groups in total. The van der Waals surface area contributed by atoms with E-state index in [1.165, 1.54) is 97.7 Å². The number of carbonyl (C=O) groups is 11. The number of hydrogen-bond donors (Lipinski definition) is 5. The van der Waals surface area contributed by atoms with Gasteiger partial charge in [-0.3, -0.25) is 56.9 Å². The number of amides is 10. The van der Waals surface area contributed by atoms with Gasteiger partial charge in [-0.15, -0.1) is 23.2 Å². The van der Waals surface area contributed by atoms with Crippen LogP contribution in [-0.4, -0.2) is 287 Å². The molecule has 0 aromatic carbocycles. The number of aliphatic hydroxyl groups excluding tert-OH is 1. The minimum absolute atomic E-state index is 0.00750. The first kappa shape index (κ1) is 86.3. The maximum Gasteiger partial charge on any atom is 0.264 e. The predicted molar refractivity (Wildman–Crippen MR) is 352 cm³/mol. The van der Waals surface area contributed by atoms with Gasteiger partial charge in [0.05, 0.1) is 46.2 Å². The molecule has 512 valence electrons. The molecule has 0 bridgehead atoms. The van der Waals surface area contributed by atoms with E-state index in [0.29, 0.717) is 140 Å². The van der Waals surface area contributed by atoms with Gasteiger partial charge in [0, 0.05) is 189 Å². The Bertz CT molecular complexity index is 2300. The molecule has 0 aliphatic carbocycles. The molecule has 0 spiro atoms. The van der Waals surface area contributed by atoms with Crippen molar-refractivity contribution in [3.8, 4) is 0 Å². The van der Waals surface area contributed by atoms with Gasteiger partial charge in [0.25, 0.3) is 10.1 Å². The summed E-state index contributed by atoms with van der Waals surface area (Å²) in [6.45, 7) is 32.4. The van der Waals surface area contributed by atoms with Crippen LogP contribution in [0, 0.1) is 29.6 Å². The smallest absolute Gasteiger partial charge is 0.264 e. The fraction of sp³-hybridized carbons (Fsp3) is 0.732. The summed E-state index contributed by atoms with van der Waals surface area (Å²) in [6.07, 6.45) is 0.974. The molecule has 5 saturated heterocycles. The molecule has 5 heterocycles. The molecular weight excluding hydrogens is 1280 g/mol. The van der Waals surface area contributed by atoms with Crippen molar-refractivity contribution in [2.75, 3.05) is 160 Å². The van der Waals surface area contributed by atoms with Crippen molar-refractivity contribution in [3.05, 3.63) is 24.3 Å². The molecule has 0 atom stereocenters. The molecule has 0 radical (unpaired) electrons. The Kier molecular flexibility index (Phi) is 44.2. The second kappa shape index (κ2) is 45.5. The number of hydrogen-bond acceptors (Lipinski definition) is 20. The summed E-state index contributed by atoms with van der Waals surface area (Å²) in [5.41, 5.74) is 12.3. The van der Waals surface area contributed by atoms with Gasteiger partial charge in [-0.25, -0.2) is 0 Å². The second-order valence-electron chi connectivity index (χ2n) is 22.0. The number of thioether (sulfide) groups is 1. The lowest BCUT2D eigenvalue weighted by Gasteiger charge is -2.39. The topological polar surface area (TPSA) is 336 Å². The van der Waals surface area contributed by atoms with Crippen LogP contribution in [0.1, 0.15) is 76.2 Å². The zero-order valence-corrected chi connectivity index (χ0v) is 59.0. The van der Waals surface area contributed by atoms with Crippen molar-refractivity contribution in [3.63, 3.8) is 0 Å². The van der Waals surface area contributed by atoms with E-state index >= 15 is 0 Å². The average Bonchev–Trinajstić information content (AvgIpc) is 2.83. The van der Waals surface area contributed by atoms with Crippen molar-refractivity contribution >= 4 is 135 Å². The molecule has 27 nitrogen and oxygen atoms in total. The van der Waals surface area contributed by atoms with Crippen LogP contribution in [0.25, 0.3) is 0 Å². The molecule has 5 aliphatic heterocycles. The monoisotopic (exact) mass is 1380 g/mol. The van der Waals surface area contributed by atoms with Crippen molar-refractivity contribution in [2.24, 2.45) is 41.1 Å². The number of aliphatic hydroxyl groups is 1. The number of rotatable bonds is 12. The quantitative estimate of drug-likeness (QED) is 0.0786. The highest BCUT2D eigenvalue weighted by Crippen LogP contribution is 2.19. The van der Waals surface area contributed by atoms with Crippen molar-refractivity contribution < 1.29 is 70.4 Å². The lowest BCUT2D eigenvalue weighted by Crippen LogP contribution is -2.53. The van der Waals surface area contributed by atoms with Crippen LogP contribution in [0.2, 0.25) is 0 Å². The molecule has 0 aromatic rings. The number of allylic oxidation sites excluding steroid dienone is 1. The van der Waals surface area contributed by atoms with E-state index in [0.717, 1.165) is 23.2 Å². The highest BCUT2D eigenvalue weighted by Gasteiger charge is 2.32. The number of nitrogens with two attached hydrogens (primary N) is 2. The Morgan fingerprint density at radius 1 is 0.528 bits per heavy atom. The summed E-state index contributed by atoms with van der Waals surface area (Å²) < 4.78 is 26.6. The van der Waals surface area contributed by atoms with Crippen LogP contribution in [0.15, 0.2) is 24.3 Å². The molecule has 5 fully saturated rings. The third-order valence-corrected chi connectivity index (χ3v) is 17.1. The Balaban J connectivity index is 0. The molecule has 33 heteroatoms. The summed E-state index contributed by atoms with van der Waals surface area (Å²) >= 11 is 20.0. The molecule has 0 aromatic heterocycles. The van der Waals surface area contributed by atoms with Gasteiger partial charge >= 0.3 is 0 Å². The zero-order chi connectivity index (χ0) is 69.1. The summed E-state index contributed by atoms with van der Waals surface area (Å²) in [4.78, 5) is 139. The minimum Gasteiger partial charge on any atom is -0.396 e. The highest BCUT2D eigenvalue weighted by molar-refractivity contribution is 8.13. The van der Waals surface area contributed by atoms with E-state index < -0.39 is 10.1 Å². The first-order valence-corrected chi connectivity index (χ1v) is 33.7. The van der Waals surface area contributed by atoms with Crippen molar-refractivity contribution in [2.45, 2.75) is 76.2 Å². The van der Waals surface area contributed by atoms with Crippen LogP contribution in [-0.2, 0) is 67.0 Å². The Morgan fingerprint density at radius 3 is 1.00 bits per heavy atom. The van der Waals surface area contributed by atoms with Crippen LogP contribution < -0.4 is 11.5 Å². The van der Waals surface area contributed by atoms with Crippen LogP contribution in [0.5, 0.6) is 0 Å². The molecule has 10 amide bonds. The summed E-state index contributed by atoms with van der Waals surface area (Å²) in [5, 5.41) is 9.08. The van der Waals surface area contributed by atoms with Gasteiger partial charge in [-0.1, -0.05) is 24.9 Å². The van der Waals surface area contributed by atoms with Gasteiger partial charge in [0.15, 0.2) is 5.12 Å². The Morgan fingerprint density at radius 2 is 0.798 bits per heavy atom. The fourth-order valence-electron chi connectivity index (χ4n) is 8.33. The summed E-state index contributed by atoms with van der Waals surface area (Å²) in [5.74, 6) is 3.27. The van der Waals surface area contributed by atoms with Gasteiger partial charge < -0.3 is 65.6 Å². The third kappa shape index (κ3) is 38.0. The first-order chi connectivity index (χ1) is 41.3. The lowest BCUT2D eigenvalue weighted by atomic mass is 10.1. The van der Waals surface area contributed by atoms with Crippen molar-refractivity contribution in [1.82, 2.24) is 49.0 Å². The number of carbonyl (C=O) groups excluding carboxylic acids is 11. The molecule has 0 unspecified atom stereocenters. The van der Waals surface area contributed by atoms with E-state index in [1.807, 2.05) is 0 Å². The maximum absolute atomic E-state index is 11.4. The standard InChI is InChI=1S/C11H18N2O3S.C10H18N2O5S.C9H16N2O3.C9H16N2O2S.C9H14N2O2.C4H6Cl2.C4H12N2S/c1-8(14)12-4-11(6-17-10(3)16)5-13(7-12)9(2)15;1-8(13)11-4-10(6-17-18(3,15)16)5-12(7-11)9(2)14;1-7(13)10-3-9(5-12)4-11(6-10)8(2)14;1-7(12)10-3-9(5-14)4-11(6-10)8(2)13;1-7-4-10(8(2)12)6-11(5-7)9(3)13;1-4(2-5)3-6;5-1-4(2-6)3-7/h11H,4-7H2,1-3H3;10H,4-7H2,1-3H3;9,12H,3-6H2,1-2H3;9,14H,3-6H2,1-2H3;1,4-6H2,2-3H3;1-3H2;4,7H,1-3,5-6H2. The van der Waals surface area contributed by atoms with Crippen LogP contribution in [0.4, 0.5) is 0 Å². The minimum atomic E-state index is -3.51.